The lowest BCUT2D eigenvalue weighted by atomic mass is 10.0. The number of aliphatic imine (C=N–C) groups is 1. The molecular weight excluding hydrogens is 276 g/mol. The molecule has 1 atom stereocenters. The first kappa shape index (κ1) is 16.3. The Morgan fingerprint density at radius 2 is 2.09 bits per heavy atom. The van der Waals surface area contributed by atoms with Crippen molar-refractivity contribution in [1.82, 2.24) is 19.9 Å². The first-order valence-corrected chi connectivity index (χ1v) is 7.91. The number of pyridine rings is 1. The predicted molar refractivity (Wildman–Crippen MR) is 89.6 cm³/mol. The van der Waals surface area contributed by atoms with Gasteiger partial charge in [0, 0.05) is 12.2 Å². The number of fused-ring (bicyclic) bond motifs is 1. The fourth-order valence-electron chi connectivity index (χ4n) is 2.36. The third-order valence-corrected chi connectivity index (χ3v) is 3.59. The number of guanidine groups is 1. The second-order valence-corrected chi connectivity index (χ2v) is 6.12. The van der Waals surface area contributed by atoms with E-state index >= 15 is 0 Å². The number of aromatic nitrogens is 3. The third kappa shape index (κ3) is 4.72. The number of hydrogen-bond donors (Lipinski definition) is 2. The summed E-state index contributed by atoms with van der Waals surface area (Å²) in [6, 6.07) is 6.13. The highest BCUT2D eigenvalue weighted by molar-refractivity contribution is 5.78. The smallest absolute Gasteiger partial charge is 0.189 e. The van der Waals surface area contributed by atoms with Crippen molar-refractivity contribution in [2.75, 3.05) is 0 Å². The van der Waals surface area contributed by atoms with Crippen molar-refractivity contribution in [1.29, 1.82) is 0 Å². The summed E-state index contributed by atoms with van der Waals surface area (Å²) in [4.78, 5) is 4.36. The number of rotatable bonds is 7. The Kier molecular flexibility index (Phi) is 5.75. The van der Waals surface area contributed by atoms with Crippen LogP contribution in [0.25, 0.3) is 5.65 Å². The minimum absolute atomic E-state index is 0.331. The standard InChI is InChI=1S/C16H26N6/c1-12(2)7-6-8-13(3)19-16(17)18-11-15-21-20-14-9-4-5-10-22(14)15/h4-5,9-10,12-13H,6-8,11H2,1-3H3,(H3,17,18,19)/t13-/m1/s1. The second kappa shape index (κ2) is 7.77. The van der Waals surface area contributed by atoms with E-state index in [1.54, 1.807) is 0 Å². The summed E-state index contributed by atoms with van der Waals surface area (Å²) in [6.07, 6.45) is 5.48. The van der Waals surface area contributed by atoms with Gasteiger partial charge in [0.1, 0.15) is 6.54 Å². The van der Waals surface area contributed by atoms with Crippen LogP contribution in [0.5, 0.6) is 0 Å². The van der Waals surface area contributed by atoms with Crippen molar-refractivity contribution < 1.29 is 0 Å². The summed E-state index contributed by atoms with van der Waals surface area (Å²) < 4.78 is 1.92. The summed E-state index contributed by atoms with van der Waals surface area (Å²) in [7, 11) is 0. The fraction of sp³-hybridized carbons (Fsp3) is 0.562. The first-order chi connectivity index (χ1) is 10.6. The largest absolute Gasteiger partial charge is 0.370 e. The van der Waals surface area contributed by atoms with E-state index < -0.39 is 0 Å². The van der Waals surface area contributed by atoms with Crippen molar-refractivity contribution in [2.45, 2.75) is 52.6 Å². The average Bonchev–Trinajstić information content (AvgIpc) is 2.88. The minimum atomic E-state index is 0.331. The molecule has 0 spiro atoms. The molecule has 6 heteroatoms. The minimum Gasteiger partial charge on any atom is -0.370 e. The highest BCUT2D eigenvalue weighted by Gasteiger charge is 2.06. The van der Waals surface area contributed by atoms with Crippen LogP contribution in [0.15, 0.2) is 29.4 Å². The lowest BCUT2D eigenvalue weighted by Crippen LogP contribution is -2.38. The number of hydrogen-bond acceptors (Lipinski definition) is 3. The van der Waals surface area contributed by atoms with Crippen LogP contribution in [0.2, 0.25) is 0 Å². The topological polar surface area (TPSA) is 80.6 Å². The van der Waals surface area contributed by atoms with Crippen molar-refractivity contribution in [2.24, 2.45) is 16.6 Å². The van der Waals surface area contributed by atoms with Gasteiger partial charge in [0.25, 0.3) is 0 Å². The highest BCUT2D eigenvalue weighted by Crippen LogP contribution is 2.08. The Morgan fingerprint density at radius 1 is 1.27 bits per heavy atom. The molecule has 0 saturated heterocycles. The first-order valence-electron chi connectivity index (χ1n) is 7.91. The van der Waals surface area contributed by atoms with Gasteiger partial charge in [0.2, 0.25) is 0 Å². The zero-order valence-corrected chi connectivity index (χ0v) is 13.7. The molecule has 0 saturated carbocycles. The van der Waals surface area contributed by atoms with Crippen molar-refractivity contribution in [3.8, 4) is 0 Å². The van der Waals surface area contributed by atoms with Gasteiger partial charge in [-0.05, 0) is 31.4 Å². The van der Waals surface area contributed by atoms with Crippen LogP contribution in [-0.4, -0.2) is 26.6 Å². The average molecular weight is 302 g/mol. The van der Waals surface area contributed by atoms with Gasteiger partial charge in [-0.2, -0.15) is 0 Å². The SMILES string of the molecule is CC(C)CCC[C@@H](C)NC(N)=NCc1nnc2ccccn12. The molecule has 0 unspecified atom stereocenters. The third-order valence-electron chi connectivity index (χ3n) is 3.59. The van der Waals surface area contributed by atoms with Crippen LogP contribution in [0.4, 0.5) is 0 Å². The number of nitrogens with zero attached hydrogens (tertiary/aromatic N) is 4. The van der Waals surface area contributed by atoms with Crippen LogP contribution in [0.1, 0.15) is 45.9 Å². The fourth-order valence-corrected chi connectivity index (χ4v) is 2.36. The summed E-state index contributed by atoms with van der Waals surface area (Å²) in [5, 5.41) is 11.5. The molecular formula is C16H26N6. The molecule has 0 amide bonds. The summed E-state index contributed by atoms with van der Waals surface area (Å²) in [5.74, 6) is 2.00. The predicted octanol–water partition coefficient (Wildman–Crippen LogP) is 2.35. The molecule has 0 aliphatic carbocycles. The zero-order valence-electron chi connectivity index (χ0n) is 13.7. The lowest BCUT2D eigenvalue weighted by Gasteiger charge is -2.14. The number of nitrogens with two attached hydrogens (primary N) is 1. The molecule has 0 bridgehead atoms. The Morgan fingerprint density at radius 3 is 2.86 bits per heavy atom. The van der Waals surface area contributed by atoms with Crippen molar-refractivity contribution >= 4 is 11.6 Å². The van der Waals surface area contributed by atoms with Crippen LogP contribution in [0.3, 0.4) is 0 Å². The maximum atomic E-state index is 5.95. The molecule has 2 heterocycles. The number of nitrogens with one attached hydrogen (secondary N) is 1. The Balaban J connectivity index is 1.84. The van der Waals surface area contributed by atoms with Gasteiger partial charge < -0.3 is 11.1 Å². The Labute approximate surface area is 131 Å². The normalized spacial score (nSPS) is 13.7. The maximum Gasteiger partial charge on any atom is 0.189 e. The van der Waals surface area contributed by atoms with Gasteiger partial charge in [-0.3, -0.25) is 4.40 Å². The molecule has 0 aromatic carbocycles. The van der Waals surface area contributed by atoms with Gasteiger partial charge in [0.15, 0.2) is 17.4 Å². The van der Waals surface area contributed by atoms with E-state index in [-0.39, 0.29) is 0 Å². The second-order valence-electron chi connectivity index (χ2n) is 6.12. The summed E-state index contributed by atoms with van der Waals surface area (Å²) in [6.45, 7) is 7.05. The molecule has 0 aliphatic heterocycles. The van der Waals surface area contributed by atoms with Crippen LogP contribution in [0, 0.1) is 5.92 Å². The molecule has 22 heavy (non-hydrogen) atoms. The van der Waals surface area contributed by atoms with Gasteiger partial charge in [0.05, 0.1) is 0 Å². The van der Waals surface area contributed by atoms with Crippen molar-refractivity contribution in [3.05, 3.63) is 30.2 Å². The molecule has 120 valence electrons. The Hall–Kier alpha value is -2.11. The summed E-state index contributed by atoms with van der Waals surface area (Å²) >= 11 is 0. The molecule has 0 fully saturated rings. The molecule has 2 rings (SSSR count). The van der Waals surface area contributed by atoms with Crippen LogP contribution < -0.4 is 11.1 Å². The molecule has 3 N–H and O–H groups in total. The molecule has 0 radical (unpaired) electrons. The quantitative estimate of drug-likeness (QED) is 0.607. The molecule has 2 aromatic heterocycles. The van der Waals surface area contributed by atoms with Gasteiger partial charge in [-0.15, -0.1) is 10.2 Å². The van der Waals surface area contributed by atoms with Gasteiger partial charge >= 0.3 is 0 Å². The van der Waals surface area contributed by atoms with E-state index in [0.29, 0.717) is 18.5 Å². The monoisotopic (exact) mass is 302 g/mol. The molecule has 2 aromatic rings. The van der Waals surface area contributed by atoms with E-state index in [2.05, 4.69) is 41.3 Å². The van der Waals surface area contributed by atoms with E-state index in [9.17, 15) is 0 Å². The van der Waals surface area contributed by atoms with Gasteiger partial charge in [-0.1, -0.05) is 32.8 Å². The zero-order chi connectivity index (χ0) is 15.9. The maximum absolute atomic E-state index is 5.95. The highest BCUT2D eigenvalue weighted by atomic mass is 15.3. The van der Waals surface area contributed by atoms with E-state index in [4.69, 9.17) is 5.73 Å². The van der Waals surface area contributed by atoms with Crippen molar-refractivity contribution in [3.63, 3.8) is 0 Å². The van der Waals surface area contributed by atoms with E-state index in [1.165, 1.54) is 12.8 Å². The van der Waals surface area contributed by atoms with E-state index in [0.717, 1.165) is 23.8 Å². The lowest BCUT2D eigenvalue weighted by molar-refractivity contribution is 0.493. The van der Waals surface area contributed by atoms with Gasteiger partial charge in [-0.25, -0.2) is 4.99 Å². The van der Waals surface area contributed by atoms with Crippen LogP contribution >= 0.6 is 0 Å². The van der Waals surface area contributed by atoms with E-state index in [1.807, 2.05) is 28.8 Å². The van der Waals surface area contributed by atoms with Crippen LogP contribution in [-0.2, 0) is 6.54 Å². The Bertz CT molecular complexity index is 616. The molecule has 6 nitrogen and oxygen atoms in total. The molecule has 0 aliphatic rings. The summed E-state index contributed by atoms with van der Waals surface area (Å²) in [5.41, 5.74) is 6.77.